The van der Waals surface area contributed by atoms with Crippen LogP contribution in [0.25, 0.3) is 5.57 Å². The highest BCUT2D eigenvalue weighted by Gasteiger charge is 2.27. The molecule has 0 bridgehead atoms. The maximum atomic E-state index is 14.0. The lowest BCUT2D eigenvalue weighted by atomic mass is 10.0. The van der Waals surface area contributed by atoms with Crippen molar-refractivity contribution in [2.45, 2.75) is 12.8 Å². The molecule has 0 spiro atoms. The minimum Gasteiger partial charge on any atom is -0.378 e. The molecule has 2 heterocycles. The third kappa shape index (κ3) is 3.09. The highest BCUT2D eigenvalue weighted by atomic mass is 32.2. The summed E-state index contributed by atoms with van der Waals surface area (Å²) in [6.45, 7) is 2.84. The highest BCUT2D eigenvalue weighted by molar-refractivity contribution is 7.95. The zero-order valence-electron chi connectivity index (χ0n) is 12.2. The smallest absolute Gasteiger partial charge is 0.186 e. The molecule has 1 aliphatic heterocycles. The van der Waals surface area contributed by atoms with Crippen molar-refractivity contribution in [3.8, 4) is 0 Å². The van der Waals surface area contributed by atoms with Gasteiger partial charge in [0, 0.05) is 30.3 Å². The fourth-order valence-electron chi connectivity index (χ4n) is 2.64. The Morgan fingerprint density at radius 3 is 2.77 bits per heavy atom. The first-order valence-corrected chi connectivity index (χ1v) is 9.82. The molecule has 1 aliphatic carbocycles. The van der Waals surface area contributed by atoms with Crippen molar-refractivity contribution >= 4 is 31.9 Å². The van der Waals surface area contributed by atoms with Gasteiger partial charge in [0.05, 0.1) is 18.9 Å². The van der Waals surface area contributed by atoms with Crippen LogP contribution in [0.15, 0.2) is 22.2 Å². The molecular formula is C14H17FN2O3S2. The SMILES string of the molecule is CS(=O)(=O)C1=C(c2csc(N3CCOCC3)n2)CCC=C1F. The lowest BCUT2D eigenvalue weighted by Crippen LogP contribution is -2.36. The number of ether oxygens (including phenoxy) is 1. The number of nitrogens with zero attached hydrogens (tertiary/aromatic N) is 2. The fourth-order valence-corrected chi connectivity index (χ4v) is 4.63. The van der Waals surface area contributed by atoms with E-state index in [4.69, 9.17) is 4.74 Å². The molecule has 3 rings (SSSR count). The van der Waals surface area contributed by atoms with Crippen LogP contribution in [0, 0.1) is 0 Å². The van der Waals surface area contributed by atoms with E-state index in [1.54, 1.807) is 0 Å². The van der Waals surface area contributed by atoms with Crippen LogP contribution in [-0.2, 0) is 14.6 Å². The van der Waals surface area contributed by atoms with Crippen LogP contribution in [0.5, 0.6) is 0 Å². The van der Waals surface area contributed by atoms with Gasteiger partial charge in [-0.15, -0.1) is 11.3 Å². The lowest BCUT2D eigenvalue weighted by molar-refractivity contribution is 0.122. The zero-order valence-corrected chi connectivity index (χ0v) is 13.8. The van der Waals surface area contributed by atoms with Crippen LogP contribution in [0.1, 0.15) is 18.5 Å². The van der Waals surface area contributed by atoms with Crippen LogP contribution in [-0.4, -0.2) is 46.0 Å². The first-order valence-electron chi connectivity index (χ1n) is 7.04. The summed E-state index contributed by atoms with van der Waals surface area (Å²) in [7, 11) is -3.62. The Balaban J connectivity index is 1.99. The number of anilines is 1. The monoisotopic (exact) mass is 344 g/mol. The Morgan fingerprint density at radius 1 is 1.36 bits per heavy atom. The van der Waals surface area contributed by atoms with Crippen LogP contribution in [0.3, 0.4) is 0 Å². The number of rotatable bonds is 3. The Labute approximate surface area is 133 Å². The van der Waals surface area contributed by atoms with Crippen LogP contribution in [0.2, 0.25) is 0 Å². The van der Waals surface area contributed by atoms with E-state index in [0.29, 0.717) is 37.3 Å². The Hall–Kier alpha value is -1.25. The van der Waals surface area contributed by atoms with Gasteiger partial charge in [-0.2, -0.15) is 0 Å². The molecule has 1 fully saturated rings. The first-order chi connectivity index (χ1) is 10.5. The number of thiazole rings is 1. The molecule has 0 radical (unpaired) electrons. The van der Waals surface area contributed by atoms with Gasteiger partial charge in [0.1, 0.15) is 10.7 Å². The van der Waals surface area contributed by atoms with E-state index in [-0.39, 0.29) is 4.91 Å². The van der Waals surface area contributed by atoms with Gasteiger partial charge < -0.3 is 9.64 Å². The van der Waals surface area contributed by atoms with Gasteiger partial charge in [0.25, 0.3) is 0 Å². The van der Waals surface area contributed by atoms with E-state index in [9.17, 15) is 12.8 Å². The van der Waals surface area contributed by atoms with E-state index < -0.39 is 15.7 Å². The zero-order chi connectivity index (χ0) is 15.7. The molecule has 5 nitrogen and oxygen atoms in total. The molecule has 0 amide bonds. The summed E-state index contributed by atoms with van der Waals surface area (Å²) in [5.74, 6) is -0.662. The van der Waals surface area contributed by atoms with Crippen molar-refractivity contribution in [2.24, 2.45) is 0 Å². The van der Waals surface area contributed by atoms with E-state index in [1.165, 1.54) is 17.4 Å². The van der Waals surface area contributed by atoms with Crippen molar-refractivity contribution in [1.82, 2.24) is 4.98 Å². The molecule has 0 aromatic carbocycles. The standard InChI is InChI=1S/C14H17FN2O3S2/c1-22(18,19)13-10(3-2-4-11(13)15)12-9-21-14(16-12)17-5-7-20-8-6-17/h4,9H,2-3,5-8H2,1H3. The van der Waals surface area contributed by atoms with E-state index >= 15 is 0 Å². The van der Waals surface area contributed by atoms with E-state index in [1.807, 2.05) is 5.38 Å². The van der Waals surface area contributed by atoms with Gasteiger partial charge in [-0.3, -0.25) is 0 Å². The molecule has 0 N–H and O–H groups in total. The minimum absolute atomic E-state index is 0.211. The number of allylic oxidation sites excluding steroid dienone is 3. The molecule has 8 heteroatoms. The number of halogens is 1. The maximum absolute atomic E-state index is 14.0. The number of sulfone groups is 1. The number of morpholine rings is 1. The van der Waals surface area contributed by atoms with Crippen molar-refractivity contribution in [3.63, 3.8) is 0 Å². The number of hydrogen-bond donors (Lipinski definition) is 0. The molecule has 1 aromatic heterocycles. The third-order valence-electron chi connectivity index (χ3n) is 3.66. The Kier molecular flexibility index (Phi) is 4.33. The second kappa shape index (κ2) is 6.10. The summed E-state index contributed by atoms with van der Waals surface area (Å²) in [4.78, 5) is 6.42. The molecular weight excluding hydrogens is 327 g/mol. The van der Waals surface area contributed by atoms with Crippen LogP contribution >= 0.6 is 11.3 Å². The molecule has 1 saturated heterocycles. The molecule has 0 unspecified atom stereocenters. The lowest BCUT2D eigenvalue weighted by Gasteiger charge is -2.26. The molecule has 0 saturated carbocycles. The summed E-state index contributed by atoms with van der Waals surface area (Å²) >= 11 is 1.45. The average molecular weight is 344 g/mol. The van der Waals surface area contributed by atoms with Crippen LogP contribution in [0.4, 0.5) is 9.52 Å². The third-order valence-corrected chi connectivity index (χ3v) is 5.75. The van der Waals surface area contributed by atoms with Gasteiger partial charge >= 0.3 is 0 Å². The van der Waals surface area contributed by atoms with Gasteiger partial charge in [0.2, 0.25) is 0 Å². The summed E-state index contributed by atoms with van der Waals surface area (Å²) in [6.07, 6.45) is 3.35. The van der Waals surface area contributed by atoms with E-state index in [0.717, 1.165) is 24.5 Å². The van der Waals surface area contributed by atoms with Gasteiger partial charge in [-0.05, 0) is 18.9 Å². The van der Waals surface area contributed by atoms with Crippen LogP contribution < -0.4 is 4.90 Å². The predicted molar refractivity (Wildman–Crippen MR) is 85.3 cm³/mol. The van der Waals surface area contributed by atoms with Crippen molar-refractivity contribution in [3.05, 3.63) is 27.9 Å². The molecule has 0 atom stereocenters. The van der Waals surface area contributed by atoms with Gasteiger partial charge in [-0.25, -0.2) is 17.8 Å². The van der Waals surface area contributed by atoms with Crippen molar-refractivity contribution < 1.29 is 17.5 Å². The first kappa shape index (κ1) is 15.6. The van der Waals surface area contributed by atoms with Gasteiger partial charge in [-0.1, -0.05) is 0 Å². The predicted octanol–water partition coefficient (Wildman–Crippen LogP) is 2.38. The molecule has 1 aromatic rings. The second-order valence-corrected chi connectivity index (χ2v) is 8.07. The molecule has 2 aliphatic rings. The fraction of sp³-hybridized carbons (Fsp3) is 0.500. The average Bonchev–Trinajstić information content (AvgIpc) is 2.96. The largest absolute Gasteiger partial charge is 0.378 e. The number of aromatic nitrogens is 1. The second-order valence-electron chi connectivity index (χ2n) is 5.29. The minimum atomic E-state index is -3.62. The van der Waals surface area contributed by atoms with Crippen molar-refractivity contribution in [2.75, 3.05) is 37.5 Å². The quantitative estimate of drug-likeness (QED) is 0.843. The Morgan fingerprint density at radius 2 is 2.09 bits per heavy atom. The molecule has 120 valence electrons. The normalized spacial score (nSPS) is 20.3. The summed E-state index contributed by atoms with van der Waals surface area (Å²) in [5.41, 5.74) is 1.05. The van der Waals surface area contributed by atoms with Crippen molar-refractivity contribution in [1.29, 1.82) is 0 Å². The number of hydrogen-bond acceptors (Lipinski definition) is 6. The topological polar surface area (TPSA) is 59.5 Å². The maximum Gasteiger partial charge on any atom is 0.186 e. The Bertz CT molecular complexity index is 731. The summed E-state index contributed by atoms with van der Waals surface area (Å²) in [6, 6.07) is 0. The summed E-state index contributed by atoms with van der Waals surface area (Å²) in [5, 5.41) is 2.64. The molecule has 22 heavy (non-hydrogen) atoms. The summed E-state index contributed by atoms with van der Waals surface area (Å²) < 4.78 is 43.1. The van der Waals surface area contributed by atoms with Gasteiger partial charge in [0.15, 0.2) is 15.0 Å². The van der Waals surface area contributed by atoms with E-state index in [2.05, 4.69) is 9.88 Å². The highest BCUT2D eigenvalue weighted by Crippen LogP contribution is 2.37.